The van der Waals surface area contributed by atoms with Gasteiger partial charge in [-0.2, -0.15) is 0 Å². The smallest absolute Gasteiger partial charge is 0.237 e. The van der Waals surface area contributed by atoms with E-state index in [1.165, 1.54) is 11.8 Å². The summed E-state index contributed by atoms with van der Waals surface area (Å²) in [6.45, 7) is 2.86. The number of nitrogens with one attached hydrogen (secondary N) is 1. The lowest BCUT2D eigenvalue weighted by Crippen LogP contribution is -2.22. The van der Waals surface area contributed by atoms with Crippen LogP contribution in [0, 0.1) is 0 Å². The van der Waals surface area contributed by atoms with Crippen LogP contribution in [0.15, 0.2) is 30.3 Å². The van der Waals surface area contributed by atoms with Crippen molar-refractivity contribution in [2.24, 2.45) is 0 Å². The van der Waals surface area contributed by atoms with Crippen LogP contribution in [0.3, 0.4) is 0 Å². The summed E-state index contributed by atoms with van der Waals surface area (Å²) in [7, 11) is 3.12. The lowest BCUT2D eigenvalue weighted by atomic mass is 10.2. The van der Waals surface area contributed by atoms with E-state index in [1.54, 1.807) is 32.4 Å². The summed E-state index contributed by atoms with van der Waals surface area (Å²) in [6, 6.07) is 9.02. The molecule has 150 valence electrons. The van der Waals surface area contributed by atoms with Gasteiger partial charge in [-0.3, -0.25) is 4.79 Å². The molecule has 1 aliphatic heterocycles. The van der Waals surface area contributed by atoms with Crippen LogP contribution in [0.25, 0.3) is 0 Å². The van der Waals surface area contributed by atoms with Crippen LogP contribution in [-0.4, -0.2) is 38.6 Å². The minimum atomic E-state index is -0.264. The Morgan fingerprint density at radius 3 is 2.68 bits per heavy atom. The molecule has 0 aliphatic carbocycles. The molecule has 0 spiro atoms. The molecule has 0 radical (unpaired) electrons. The minimum Gasteiger partial charge on any atom is -0.493 e. The van der Waals surface area contributed by atoms with E-state index in [1.807, 2.05) is 19.1 Å². The number of hydrogen-bond acceptors (Lipinski definition) is 6. The molecule has 1 heterocycles. The first-order valence-corrected chi connectivity index (χ1v) is 10.2. The number of hydrogen-bond donors (Lipinski definition) is 1. The average molecular weight is 424 g/mol. The monoisotopic (exact) mass is 423 g/mol. The highest BCUT2D eigenvalue weighted by Gasteiger charge is 2.19. The van der Waals surface area contributed by atoms with Crippen molar-refractivity contribution in [1.82, 2.24) is 0 Å². The van der Waals surface area contributed by atoms with Crippen molar-refractivity contribution >= 4 is 35.0 Å². The molecule has 8 heteroatoms. The number of methoxy groups -OCH3 is 2. The Morgan fingerprint density at radius 1 is 1.18 bits per heavy atom. The number of thioether (sulfide) groups is 1. The van der Waals surface area contributed by atoms with Crippen LogP contribution >= 0.6 is 23.4 Å². The molecule has 1 N–H and O–H groups in total. The minimum absolute atomic E-state index is 0.0964. The molecule has 1 amide bonds. The predicted octanol–water partition coefficient (Wildman–Crippen LogP) is 4.39. The zero-order valence-electron chi connectivity index (χ0n) is 15.9. The Labute approximate surface area is 173 Å². The van der Waals surface area contributed by atoms with E-state index >= 15 is 0 Å². The highest BCUT2D eigenvalue weighted by Crippen LogP contribution is 2.39. The number of fused-ring (bicyclic) bond motifs is 1. The maximum absolute atomic E-state index is 12.5. The molecular weight excluding hydrogens is 402 g/mol. The summed E-state index contributed by atoms with van der Waals surface area (Å²) in [5, 5.41) is 3.16. The van der Waals surface area contributed by atoms with E-state index in [9.17, 15) is 4.79 Å². The molecule has 0 aromatic heterocycles. The average Bonchev–Trinajstić information content (AvgIpc) is 2.71. The molecule has 0 saturated heterocycles. The normalized spacial score (nSPS) is 13.6. The summed E-state index contributed by atoms with van der Waals surface area (Å²) >= 11 is 7.78. The number of carbonyl (C=O) groups is 1. The van der Waals surface area contributed by atoms with Crippen molar-refractivity contribution < 1.29 is 23.7 Å². The lowest BCUT2D eigenvalue weighted by Gasteiger charge is -2.20. The van der Waals surface area contributed by atoms with Crippen molar-refractivity contribution in [3.05, 3.63) is 40.9 Å². The van der Waals surface area contributed by atoms with Crippen LogP contribution in [0.2, 0.25) is 5.02 Å². The number of benzene rings is 2. The molecule has 0 saturated carbocycles. The van der Waals surface area contributed by atoms with Gasteiger partial charge in [-0.1, -0.05) is 11.6 Å². The largest absolute Gasteiger partial charge is 0.493 e. The fraction of sp³-hybridized carbons (Fsp3) is 0.350. The number of rotatable bonds is 7. The molecular formula is C20H22ClNO5S. The van der Waals surface area contributed by atoms with Gasteiger partial charge in [0.25, 0.3) is 0 Å². The molecule has 2 aromatic rings. The zero-order valence-corrected chi connectivity index (χ0v) is 17.5. The van der Waals surface area contributed by atoms with Gasteiger partial charge >= 0.3 is 0 Å². The van der Waals surface area contributed by atoms with E-state index in [-0.39, 0.29) is 11.2 Å². The third kappa shape index (κ3) is 4.77. The predicted molar refractivity (Wildman–Crippen MR) is 111 cm³/mol. The van der Waals surface area contributed by atoms with Crippen LogP contribution in [0.5, 0.6) is 23.0 Å². The van der Waals surface area contributed by atoms with Crippen LogP contribution in [0.1, 0.15) is 12.5 Å². The van der Waals surface area contributed by atoms with E-state index in [4.69, 9.17) is 30.5 Å². The Hall–Kier alpha value is -2.25. The summed E-state index contributed by atoms with van der Waals surface area (Å²) < 4.78 is 21.6. The maximum atomic E-state index is 12.5. The fourth-order valence-corrected chi connectivity index (χ4v) is 3.81. The van der Waals surface area contributed by atoms with Gasteiger partial charge in [-0.15, -0.1) is 11.8 Å². The molecule has 3 rings (SSSR count). The summed E-state index contributed by atoms with van der Waals surface area (Å²) in [6.07, 6.45) is 0. The Kier molecular flexibility index (Phi) is 6.80. The molecule has 1 aliphatic rings. The SMILES string of the molecule is COc1ccc(NC(=O)C(C)SCc2cc(Cl)c3c(c2)OCCO3)cc1OC. The molecule has 1 atom stereocenters. The van der Waals surface area contributed by atoms with E-state index in [0.717, 1.165) is 5.56 Å². The van der Waals surface area contributed by atoms with E-state index < -0.39 is 0 Å². The molecule has 6 nitrogen and oxygen atoms in total. The van der Waals surface area contributed by atoms with Gasteiger partial charge in [-0.05, 0) is 36.8 Å². The van der Waals surface area contributed by atoms with Gasteiger partial charge in [0.05, 0.1) is 24.5 Å². The van der Waals surface area contributed by atoms with Gasteiger partial charge in [0, 0.05) is 17.5 Å². The Morgan fingerprint density at radius 2 is 1.93 bits per heavy atom. The third-order valence-electron chi connectivity index (χ3n) is 4.18. The van der Waals surface area contributed by atoms with Crippen LogP contribution in [0.4, 0.5) is 5.69 Å². The molecule has 2 aromatic carbocycles. The van der Waals surface area contributed by atoms with Crippen LogP contribution < -0.4 is 24.3 Å². The quantitative estimate of drug-likeness (QED) is 0.712. The van der Waals surface area contributed by atoms with Crippen molar-refractivity contribution in [3.8, 4) is 23.0 Å². The molecule has 0 bridgehead atoms. The van der Waals surface area contributed by atoms with Gasteiger partial charge < -0.3 is 24.3 Å². The Bertz CT molecular complexity index is 861. The number of anilines is 1. The van der Waals surface area contributed by atoms with Crippen molar-refractivity contribution in [3.63, 3.8) is 0 Å². The van der Waals surface area contributed by atoms with Gasteiger partial charge in [0.15, 0.2) is 23.0 Å². The number of amides is 1. The molecule has 28 heavy (non-hydrogen) atoms. The third-order valence-corrected chi connectivity index (χ3v) is 5.67. The van der Waals surface area contributed by atoms with E-state index in [2.05, 4.69) is 5.32 Å². The topological polar surface area (TPSA) is 66.0 Å². The fourth-order valence-electron chi connectivity index (χ4n) is 2.70. The number of ether oxygens (including phenoxy) is 4. The highest BCUT2D eigenvalue weighted by molar-refractivity contribution is 7.99. The Balaban J connectivity index is 1.60. The standard InChI is InChI=1S/C20H22ClNO5S/c1-12(20(23)22-14-4-5-16(24-2)17(10-14)25-3)28-11-13-8-15(21)19-18(9-13)26-6-7-27-19/h4-5,8-10,12H,6-7,11H2,1-3H3,(H,22,23). The lowest BCUT2D eigenvalue weighted by molar-refractivity contribution is -0.115. The number of halogens is 1. The zero-order chi connectivity index (χ0) is 20.1. The second kappa shape index (κ2) is 9.30. The first kappa shape index (κ1) is 20.5. The van der Waals surface area contributed by atoms with Crippen LogP contribution in [-0.2, 0) is 10.5 Å². The van der Waals surface area contributed by atoms with E-state index in [0.29, 0.717) is 52.7 Å². The molecule has 1 unspecified atom stereocenters. The second-order valence-corrected chi connectivity index (χ2v) is 7.85. The van der Waals surface area contributed by atoms with Crippen molar-refractivity contribution in [1.29, 1.82) is 0 Å². The summed E-state index contributed by atoms with van der Waals surface area (Å²) in [4.78, 5) is 12.5. The first-order valence-electron chi connectivity index (χ1n) is 8.74. The van der Waals surface area contributed by atoms with Crippen molar-refractivity contribution in [2.45, 2.75) is 17.9 Å². The van der Waals surface area contributed by atoms with Gasteiger partial charge in [0.2, 0.25) is 5.91 Å². The van der Waals surface area contributed by atoms with Gasteiger partial charge in [0.1, 0.15) is 13.2 Å². The first-order chi connectivity index (χ1) is 13.5. The number of carbonyl (C=O) groups excluding carboxylic acids is 1. The molecule has 0 fully saturated rings. The maximum Gasteiger partial charge on any atom is 0.237 e. The highest BCUT2D eigenvalue weighted by atomic mass is 35.5. The summed E-state index contributed by atoms with van der Waals surface area (Å²) in [5.41, 5.74) is 1.63. The van der Waals surface area contributed by atoms with Gasteiger partial charge in [-0.25, -0.2) is 0 Å². The summed E-state index contributed by atoms with van der Waals surface area (Å²) in [5.74, 6) is 2.93. The van der Waals surface area contributed by atoms with Crippen molar-refractivity contribution in [2.75, 3.05) is 32.8 Å². The second-order valence-electron chi connectivity index (χ2n) is 6.11.